The van der Waals surface area contributed by atoms with Crippen LogP contribution in [0.3, 0.4) is 0 Å². The van der Waals surface area contributed by atoms with Crippen LogP contribution in [0, 0.1) is 0 Å². The number of amides is 1. The number of nitrogens with zero attached hydrogens (tertiary/aromatic N) is 1. The number of ether oxygens (including phenoxy) is 1. The molecule has 5 nitrogen and oxygen atoms in total. The van der Waals surface area contributed by atoms with E-state index in [9.17, 15) is 4.79 Å². The summed E-state index contributed by atoms with van der Waals surface area (Å²) in [7, 11) is 0. The molecule has 3 rings (SSSR count). The first kappa shape index (κ1) is 16.5. The summed E-state index contributed by atoms with van der Waals surface area (Å²) in [4.78, 5) is 16.0. The van der Waals surface area contributed by atoms with E-state index in [0.29, 0.717) is 13.2 Å². The Hall–Kier alpha value is -2.40. The first-order valence-electron chi connectivity index (χ1n) is 8.43. The van der Waals surface area contributed by atoms with E-state index in [4.69, 9.17) is 4.74 Å². The Morgan fingerprint density at radius 2 is 2.04 bits per heavy atom. The van der Waals surface area contributed by atoms with Gasteiger partial charge in [-0.25, -0.2) is 0 Å². The summed E-state index contributed by atoms with van der Waals surface area (Å²) in [6, 6.07) is 11.8. The third-order valence-corrected chi connectivity index (χ3v) is 4.14. The number of benzene rings is 1. The lowest BCUT2D eigenvalue weighted by Gasteiger charge is -2.15. The molecule has 1 aliphatic heterocycles. The lowest BCUT2D eigenvalue weighted by atomic mass is 10.1. The van der Waals surface area contributed by atoms with Crippen LogP contribution >= 0.6 is 0 Å². The van der Waals surface area contributed by atoms with E-state index in [1.165, 1.54) is 0 Å². The second-order valence-corrected chi connectivity index (χ2v) is 6.01. The van der Waals surface area contributed by atoms with Gasteiger partial charge in [0.05, 0.1) is 6.04 Å². The zero-order chi connectivity index (χ0) is 16.6. The Balaban J connectivity index is 1.48. The van der Waals surface area contributed by atoms with Crippen LogP contribution in [0.4, 0.5) is 0 Å². The molecule has 0 aliphatic carbocycles. The van der Waals surface area contributed by atoms with Gasteiger partial charge >= 0.3 is 0 Å². The third kappa shape index (κ3) is 4.80. The maximum Gasteiger partial charge on any atom is 0.237 e. The summed E-state index contributed by atoms with van der Waals surface area (Å²) >= 11 is 0. The largest absolute Gasteiger partial charge is 0.489 e. The Morgan fingerprint density at radius 3 is 2.83 bits per heavy atom. The molecule has 1 atom stereocenters. The standard InChI is InChI=1S/C19H23N3O2/c23-19-18(5-1-2-11-21-19)22-13-15-6-8-17(9-7-15)24-14-16-4-3-10-20-12-16/h3-4,6-10,12,18,22H,1-2,5,11,13-14H2,(H,21,23)/t18-/m1/s1. The van der Waals surface area contributed by atoms with Gasteiger partial charge in [0.1, 0.15) is 12.4 Å². The van der Waals surface area contributed by atoms with Gasteiger partial charge < -0.3 is 15.4 Å². The van der Waals surface area contributed by atoms with Crippen LogP contribution in [-0.4, -0.2) is 23.5 Å². The predicted octanol–water partition coefficient (Wildman–Crippen LogP) is 2.42. The van der Waals surface area contributed by atoms with Crippen molar-refractivity contribution in [1.29, 1.82) is 0 Å². The van der Waals surface area contributed by atoms with Gasteiger partial charge in [-0.2, -0.15) is 0 Å². The molecule has 126 valence electrons. The first-order valence-corrected chi connectivity index (χ1v) is 8.43. The van der Waals surface area contributed by atoms with Crippen molar-refractivity contribution in [2.75, 3.05) is 6.54 Å². The smallest absolute Gasteiger partial charge is 0.237 e. The second kappa shape index (κ2) is 8.45. The first-order chi connectivity index (χ1) is 11.8. The highest BCUT2D eigenvalue weighted by Gasteiger charge is 2.19. The molecule has 1 amide bonds. The van der Waals surface area contributed by atoms with Crippen LogP contribution in [0.15, 0.2) is 48.8 Å². The molecule has 2 N–H and O–H groups in total. The molecule has 24 heavy (non-hydrogen) atoms. The number of pyridine rings is 1. The molecular formula is C19H23N3O2. The highest BCUT2D eigenvalue weighted by atomic mass is 16.5. The fraction of sp³-hybridized carbons (Fsp3) is 0.368. The molecule has 5 heteroatoms. The SMILES string of the molecule is O=C1NCCCC[C@H]1NCc1ccc(OCc2cccnc2)cc1. The number of hydrogen-bond donors (Lipinski definition) is 2. The average molecular weight is 325 g/mol. The average Bonchev–Trinajstić information content (AvgIpc) is 2.84. The number of carbonyl (C=O) groups excluding carboxylic acids is 1. The van der Waals surface area contributed by atoms with Crippen molar-refractivity contribution in [2.45, 2.75) is 38.5 Å². The van der Waals surface area contributed by atoms with Crippen molar-refractivity contribution in [3.8, 4) is 5.75 Å². The van der Waals surface area contributed by atoms with E-state index in [2.05, 4.69) is 15.6 Å². The predicted molar refractivity (Wildman–Crippen MR) is 92.5 cm³/mol. The minimum Gasteiger partial charge on any atom is -0.489 e. The van der Waals surface area contributed by atoms with E-state index in [1.807, 2.05) is 36.4 Å². The number of carbonyl (C=O) groups is 1. The van der Waals surface area contributed by atoms with Crippen molar-refractivity contribution in [1.82, 2.24) is 15.6 Å². The molecule has 1 aromatic carbocycles. The molecule has 0 radical (unpaired) electrons. The van der Waals surface area contributed by atoms with E-state index in [-0.39, 0.29) is 11.9 Å². The second-order valence-electron chi connectivity index (χ2n) is 6.01. The molecule has 1 saturated heterocycles. The molecule has 1 fully saturated rings. The van der Waals surface area contributed by atoms with Gasteiger partial charge in [0, 0.05) is 31.0 Å². The fourth-order valence-electron chi connectivity index (χ4n) is 2.73. The molecule has 2 aromatic rings. The van der Waals surface area contributed by atoms with E-state index < -0.39 is 0 Å². The summed E-state index contributed by atoms with van der Waals surface area (Å²) in [6.45, 7) is 1.98. The lowest BCUT2D eigenvalue weighted by Crippen LogP contribution is -2.42. The van der Waals surface area contributed by atoms with E-state index in [1.54, 1.807) is 12.4 Å². The molecule has 2 heterocycles. The zero-order valence-corrected chi connectivity index (χ0v) is 13.7. The van der Waals surface area contributed by atoms with Crippen molar-refractivity contribution < 1.29 is 9.53 Å². The summed E-state index contributed by atoms with van der Waals surface area (Å²) in [5, 5.41) is 6.29. The van der Waals surface area contributed by atoms with Gasteiger partial charge in [0.2, 0.25) is 5.91 Å². The van der Waals surface area contributed by atoms with Crippen molar-refractivity contribution in [3.05, 3.63) is 59.9 Å². The fourth-order valence-corrected chi connectivity index (χ4v) is 2.73. The van der Waals surface area contributed by atoms with Gasteiger partial charge in [-0.3, -0.25) is 9.78 Å². The minimum absolute atomic E-state index is 0.0889. The Morgan fingerprint density at radius 1 is 1.17 bits per heavy atom. The lowest BCUT2D eigenvalue weighted by molar-refractivity contribution is -0.122. The highest BCUT2D eigenvalue weighted by molar-refractivity contribution is 5.81. The Labute approximate surface area is 142 Å². The maximum atomic E-state index is 11.9. The van der Waals surface area contributed by atoms with Gasteiger partial charge in [-0.15, -0.1) is 0 Å². The molecule has 1 aliphatic rings. The molecular weight excluding hydrogens is 302 g/mol. The normalized spacial score (nSPS) is 17.8. The zero-order valence-electron chi connectivity index (χ0n) is 13.7. The number of aromatic nitrogens is 1. The highest BCUT2D eigenvalue weighted by Crippen LogP contribution is 2.14. The van der Waals surface area contributed by atoms with Crippen LogP contribution in [0.5, 0.6) is 5.75 Å². The maximum absolute atomic E-state index is 11.9. The summed E-state index contributed by atoms with van der Waals surface area (Å²) in [6.07, 6.45) is 6.60. The van der Waals surface area contributed by atoms with Crippen molar-refractivity contribution in [2.24, 2.45) is 0 Å². The monoisotopic (exact) mass is 325 g/mol. The molecule has 0 unspecified atom stereocenters. The molecule has 0 spiro atoms. The van der Waals surface area contributed by atoms with Crippen LogP contribution in [-0.2, 0) is 17.9 Å². The molecule has 1 aromatic heterocycles. The number of hydrogen-bond acceptors (Lipinski definition) is 4. The third-order valence-electron chi connectivity index (χ3n) is 4.14. The summed E-state index contributed by atoms with van der Waals surface area (Å²) in [5.41, 5.74) is 2.18. The van der Waals surface area contributed by atoms with Crippen LogP contribution < -0.4 is 15.4 Å². The van der Waals surface area contributed by atoms with Crippen LogP contribution in [0.2, 0.25) is 0 Å². The quantitative estimate of drug-likeness (QED) is 0.856. The molecule has 0 saturated carbocycles. The Kier molecular flexibility index (Phi) is 5.80. The van der Waals surface area contributed by atoms with Gasteiger partial charge in [0.25, 0.3) is 0 Å². The topological polar surface area (TPSA) is 63.2 Å². The minimum atomic E-state index is -0.0889. The van der Waals surface area contributed by atoms with E-state index >= 15 is 0 Å². The summed E-state index contributed by atoms with van der Waals surface area (Å²) in [5.74, 6) is 0.943. The Bertz CT molecular complexity index is 643. The van der Waals surface area contributed by atoms with E-state index in [0.717, 1.165) is 42.7 Å². The van der Waals surface area contributed by atoms with Crippen molar-refractivity contribution >= 4 is 5.91 Å². The van der Waals surface area contributed by atoms with Crippen LogP contribution in [0.1, 0.15) is 30.4 Å². The molecule has 0 bridgehead atoms. The summed E-state index contributed by atoms with van der Waals surface area (Å²) < 4.78 is 5.75. The number of nitrogens with one attached hydrogen (secondary N) is 2. The van der Waals surface area contributed by atoms with Gasteiger partial charge in [-0.1, -0.05) is 18.2 Å². The van der Waals surface area contributed by atoms with Crippen LogP contribution in [0.25, 0.3) is 0 Å². The van der Waals surface area contributed by atoms with Gasteiger partial charge in [-0.05, 0) is 43.0 Å². The van der Waals surface area contributed by atoms with Gasteiger partial charge in [0.15, 0.2) is 0 Å². The van der Waals surface area contributed by atoms with Crippen molar-refractivity contribution in [3.63, 3.8) is 0 Å². The number of rotatable bonds is 6.